The van der Waals surface area contributed by atoms with Gasteiger partial charge in [-0.1, -0.05) is 19.1 Å². The molecule has 2 aromatic rings. The molecule has 138 valence electrons. The maximum atomic E-state index is 5.71. The Labute approximate surface area is 155 Å². The molecule has 4 nitrogen and oxygen atoms in total. The first-order valence-electron chi connectivity index (χ1n) is 9.24. The molecule has 2 aromatic carbocycles. The number of hydrogen-bond donors (Lipinski definition) is 0. The quantitative estimate of drug-likeness (QED) is 0.826. The van der Waals surface area contributed by atoms with E-state index in [1.165, 1.54) is 27.8 Å². The van der Waals surface area contributed by atoms with Gasteiger partial charge in [-0.15, -0.1) is 0 Å². The molecule has 0 N–H and O–H groups in total. The number of rotatable bonds is 3. The topological polar surface area (TPSA) is 30.9 Å². The molecule has 0 aliphatic carbocycles. The number of nitrogens with zero attached hydrogens (tertiary/aromatic N) is 1. The van der Waals surface area contributed by atoms with Gasteiger partial charge in [0.25, 0.3) is 0 Å². The summed E-state index contributed by atoms with van der Waals surface area (Å²) < 4.78 is 16.8. The largest absolute Gasteiger partial charge is 0.496 e. The van der Waals surface area contributed by atoms with Crippen LogP contribution in [0, 0.1) is 6.92 Å². The Kier molecular flexibility index (Phi) is 4.31. The molecule has 2 atom stereocenters. The first-order chi connectivity index (χ1) is 12.6. The van der Waals surface area contributed by atoms with Crippen molar-refractivity contribution in [3.63, 3.8) is 0 Å². The minimum absolute atomic E-state index is 0.374. The summed E-state index contributed by atoms with van der Waals surface area (Å²) in [5.74, 6) is 3.05. The van der Waals surface area contributed by atoms with Crippen molar-refractivity contribution >= 4 is 0 Å². The van der Waals surface area contributed by atoms with E-state index in [1.807, 2.05) is 6.07 Å². The van der Waals surface area contributed by atoms with Gasteiger partial charge < -0.3 is 14.2 Å². The van der Waals surface area contributed by atoms with E-state index in [0.29, 0.717) is 12.0 Å². The maximum absolute atomic E-state index is 5.71. The molecular formula is C22H27NO3. The van der Waals surface area contributed by atoms with Gasteiger partial charge in [0, 0.05) is 30.6 Å². The zero-order valence-electron chi connectivity index (χ0n) is 16.3. The highest BCUT2D eigenvalue weighted by Gasteiger charge is 2.39. The minimum atomic E-state index is 0.374. The normalized spacial score (nSPS) is 21.4. The number of hydrogen-bond acceptors (Lipinski definition) is 4. The van der Waals surface area contributed by atoms with Crippen molar-refractivity contribution in [2.75, 3.05) is 27.9 Å². The highest BCUT2D eigenvalue weighted by molar-refractivity contribution is 5.55. The van der Waals surface area contributed by atoms with Crippen LogP contribution in [0.25, 0.3) is 0 Å². The van der Waals surface area contributed by atoms with Gasteiger partial charge in [-0.25, -0.2) is 0 Å². The number of ether oxygens (including phenoxy) is 3. The number of methoxy groups -OCH3 is 3. The zero-order valence-corrected chi connectivity index (χ0v) is 16.3. The molecule has 2 heterocycles. The van der Waals surface area contributed by atoms with Crippen molar-refractivity contribution in [1.82, 2.24) is 4.90 Å². The fourth-order valence-corrected chi connectivity index (χ4v) is 4.81. The molecule has 26 heavy (non-hydrogen) atoms. The Balaban J connectivity index is 1.83. The molecule has 4 heteroatoms. The lowest BCUT2D eigenvalue weighted by Crippen LogP contribution is -2.41. The predicted octanol–water partition coefficient (Wildman–Crippen LogP) is 4.24. The summed E-state index contributed by atoms with van der Waals surface area (Å²) in [4.78, 5) is 2.58. The van der Waals surface area contributed by atoms with Gasteiger partial charge in [-0.3, -0.25) is 4.90 Å². The second-order valence-corrected chi connectivity index (χ2v) is 7.34. The van der Waals surface area contributed by atoms with Crippen LogP contribution in [0.1, 0.15) is 46.7 Å². The van der Waals surface area contributed by atoms with E-state index in [4.69, 9.17) is 14.2 Å². The number of benzene rings is 2. The highest BCUT2D eigenvalue weighted by Crippen LogP contribution is 2.50. The fraction of sp³-hybridized carbons (Fsp3) is 0.455. The third-order valence-electron chi connectivity index (χ3n) is 6.05. The molecule has 0 aromatic heterocycles. The summed E-state index contributed by atoms with van der Waals surface area (Å²) in [5.41, 5.74) is 6.70. The van der Waals surface area contributed by atoms with Gasteiger partial charge in [0.1, 0.15) is 5.75 Å². The Morgan fingerprint density at radius 2 is 1.73 bits per heavy atom. The fourth-order valence-electron chi connectivity index (χ4n) is 4.81. The van der Waals surface area contributed by atoms with Crippen molar-refractivity contribution in [3.05, 3.63) is 52.1 Å². The molecule has 0 unspecified atom stereocenters. The van der Waals surface area contributed by atoms with Crippen LogP contribution in [0.3, 0.4) is 0 Å². The van der Waals surface area contributed by atoms with Crippen molar-refractivity contribution in [2.24, 2.45) is 0 Å². The lowest BCUT2D eigenvalue weighted by Gasteiger charge is -2.45. The highest BCUT2D eigenvalue weighted by atomic mass is 16.5. The Morgan fingerprint density at radius 1 is 0.962 bits per heavy atom. The summed E-state index contributed by atoms with van der Waals surface area (Å²) in [6.45, 7) is 6.40. The van der Waals surface area contributed by atoms with Crippen molar-refractivity contribution in [2.45, 2.75) is 38.8 Å². The van der Waals surface area contributed by atoms with Crippen LogP contribution in [0.4, 0.5) is 0 Å². The number of aryl methyl sites for hydroxylation is 1. The van der Waals surface area contributed by atoms with Gasteiger partial charge in [0.05, 0.1) is 21.3 Å². The van der Waals surface area contributed by atoms with E-state index in [1.54, 1.807) is 21.3 Å². The van der Waals surface area contributed by atoms with E-state index in [9.17, 15) is 0 Å². The molecule has 2 aliphatic heterocycles. The van der Waals surface area contributed by atoms with Crippen LogP contribution in [-0.4, -0.2) is 32.8 Å². The van der Waals surface area contributed by atoms with Gasteiger partial charge in [-0.2, -0.15) is 0 Å². The second-order valence-electron chi connectivity index (χ2n) is 7.34. The average Bonchev–Trinajstić information content (AvgIpc) is 2.66. The van der Waals surface area contributed by atoms with E-state index in [-0.39, 0.29) is 0 Å². The molecule has 0 saturated heterocycles. The summed E-state index contributed by atoms with van der Waals surface area (Å²) in [6.07, 6.45) is 1.07. The monoisotopic (exact) mass is 353 g/mol. The molecule has 0 spiro atoms. The van der Waals surface area contributed by atoms with Crippen LogP contribution in [0.15, 0.2) is 24.3 Å². The number of fused-ring (bicyclic) bond motifs is 4. The first kappa shape index (κ1) is 17.2. The van der Waals surface area contributed by atoms with Crippen molar-refractivity contribution in [3.8, 4) is 17.2 Å². The molecule has 2 aliphatic rings. The Morgan fingerprint density at radius 3 is 2.42 bits per heavy atom. The Bertz CT molecular complexity index is 846. The van der Waals surface area contributed by atoms with Gasteiger partial charge >= 0.3 is 0 Å². The van der Waals surface area contributed by atoms with Crippen LogP contribution >= 0.6 is 0 Å². The lowest BCUT2D eigenvalue weighted by molar-refractivity contribution is 0.136. The van der Waals surface area contributed by atoms with Crippen molar-refractivity contribution in [1.29, 1.82) is 0 Å². The standard InChI is InChI=1S/C22H27NO3/c1-13-10-15-8-9-23-12-18-16(6-7-19(24-3)22(18)26-5)14(2)21(23)17(15)11-20(13)25-4/h6-7,10-11,14,21H,8-9,12H2,1-5H3/t14-,21+/m1/s1. The first-order valence-corrected chi connectivity index (χ1v) is 9.24. The van der Waals surface area contributed by atoms with Gasteiger partial charge in [0.2, 0.25) is 0 Å². The van der Waals surface area contributed by atoms with Crippen LogP contribution in [0.2, 0.25) is 0 Å². The van der Waals surface area contributed by atoms with Gasteiger partial charge in [0.15, 0.2) is 11.5 Å². The van der Waals surface area contributed by atoms with E-state index >= 15 is 0 Å². The molecule has 0 saturated carbocycles. The summed E-state index contributed by atoms with van der Waals surface area (Å²) in [6, 6.07) is 9.17. The molecule has 4 rings (SSSR count). The molecule has 0 bridgehead atoms. The van der Waals surface area contributed by atoms with E-state index in [2.05, 4.69) is 36.9 Å². The molecule has 0 fully saturated rings. The lowest BCUT2D eigenvalue weighted by atomic mass is 9.77. The zero-order chi connectivity index (χ0) is 18.4. The molecule has 0 radical (unpaired) electrons. The minimum Gasteiger partial charge on any atom is -0.496 e. The van der Waals surface area contributed by atoms with E-state index in [0.717, 1.165) is 36.8 Å². The SMILES string of the molecule is COc1cc2c(cc1C)CCN1Cc3c(ccc(OC)c3OC)[C@@H](C)[C@@H]21. The average molecular weight is 353 g/mol. The van der Waals surface area contributed by atoms with E-state index < -0.39 is 0 Å². The smallest absolute Gasteiger partial charge is 0.165 e. The second kappa shape index (κ2) is 6.51. The van der Waals surface area contributed by atoms with Gasteiger partial charge in [-0.05, 0) is 47.7 Å². The third kappa shape index (κ3) is 2.47. The maximum Gasteiger partial charge on any atom is 0.165 e. The summed E-state index contributed by atoms with van der Waals surface area (Å²) >= 11 is 0. The van der Waals surface area contributed by atoms with Crippen LogP contribution in [0.5, 0.6) is 17.2 Å². The molecule has 0 amide bonds. The summed E-state index contributed by atoms with van der Waals surface area (Å²) in [7, 11) is 5.19. The van der Waals surface area contributed by atoms with Crippen LogP contribution in [-0.2, 0) is 13.0 Å². The summed E-state index contributed by atoms with van der Waals surface area (Å²) in [5, 5.41) is 0. The molecular weight excluding hydrogens is 326 g/mol. The predicted molar refractivity (Wildman–Crippen MR) is 103 cm³/mol. The third-order valence-corrected chi connectivity index (χ3v) is 6.05. The van der Waals surface area contributed by atoms with Crippen LogP contribution < -0.4 is 14.2 Å². The van der Waals surface area contributed by atoms with Crippen molar-refractivity contribution < 1.29 is 14.2 Å². The Hall–Kier alpha value is -2.20.